The quantitative estimate of drug-likeness (QED) is 0.729. The fourth-order valence-corrected chi connectivity index (χ4v) is 2.25. The van der Waals surface area contributed by atoms with Crippen LogP contribution in [0.1, 0.15) is 11.3 Å². The number of nitrogens with zero attached hydrogens (tertiary/aromatic N) is 3. The average Bonchev–Trinajstić information content (AvgIpc) is 2.92. The van der Waals surface area contributed by atoms with Crippen LogP contribution in [0.3, 0.4) is 0 Å². The minimum atomic E-state index is -0.0293. The second kappa shape index (κ2) is 4.85. The molecule has 0 fully saturated rings. The molecule has 20 heavy (non-hydrogen) atoms. The fourth-order valence-electron chi connectivity index (χ4n) is 2.25. The van der Waals surface area contributed by atoms with Crippen LogP contribution in [-0.2, 0) is 6.54 Å². The van der Waals surface area contributed by atoms with Crippen molar-refractivity contribution >= 4 is 5.52 Å². The highest BCUT2D eigenvalue weighted by Crippen LogP contribution is 2.12. The lowest BCUT2D eigenvalue weighted by atomic mass is 10.2. The SMILES string of the molecule is COc1ccc(Cn2c(C)cn3cncc3c2=O)cc1. The first-order valence-electron chi connectivity index (χ1n) is 6.34. The molecule has 1 aromatic carbocycles. The van der Waals surface area contributed by atoms with Crippen LogP contribution in [0.15, 0.2) is 47.8 Å². The highest BCUT2D eigenvalue weighted by Gasteiger charge is 2.07. The lowest BCUT2D eigenvalue weighted by molar-refractivity contribution is 0.414. The molecule has 3 rings (SSSR count). The molecule has 0 N–H and O–H groups in total. The van der Waals surface area contributed by atoms with Gasteiger partial charge in [-0.1, -0.05) is 12.1 Å². The van der Waals surface area contributed by atoms with Gasteiger partial charge in [0.2, 0.25) is 0 Å². The normalized spacial score (nSPS) is 10.9. The third-order valence-corrected chi connectivity index (χ3v) is 3.38. The highest BCUT2D eigenvalue weighted by atomic mass is 16.5. The molecule has 3 aromatic rings. The number of imidazole rings is 1. The zero-order valence-electron chi connectivity index (χ0n) is 11.4. The van der Waals surface area contributed by atoms with E-state index in [1.165, 1.54) is 0 Å². The third-order valence-electron chi connectivity index (χ3n) is 3.38. The summed E-state index contributed by atoms with van der Waals surface area (Å²) in [5.41, 5.74) is 2.51. The van der Waals surface area contributed by atoms with E-state index in [9.17, 15) is 4.79 Å². The maximum absolute atomic E-state index is 12.4. The summed E-state index contributed by atoms with van der Waals surface area (Å²) in [7, 11) is 1.64. The number of methoxy groups -OCH3 is 1. The molecule has 102 valence electrons. The number of aromatic nitrogens is 3. The summed E-state index contributed by atoms with van der Waals surface area (Å²) in [6, 6.07) is 7.72. The van der Waals surface area contributed by atoms with Crippen LogP contribution in [0.25, 0.3) is 5.52 Å². The van der Waals surface area contributed by atoms with Crippen LogP contribution in [-0.4, -0.2) is 21.1 Å². The van der Waals surface area contributed by atoms with E-state index in [1.54, 1.807) is 28.6 Å². The Labute approximate surface area is 116 Å². The van der Waals surface area contributed by atoms with E-state index < -0.39 is 0 Å². The van der Waals surface area contributed by atoms with Crippen LogP contribution in [0.4, 0.5) is 0 Å². The van der Waals surface area contributed by atoms with E-state index in [2.05, 4.69) is 4.98 Å². The number of rotatable bonds is 3. The molecule has 0 unspecified atom stereocenters. The number of fused-ring (bicyclic) bond motifs is 1. The van der Waals surface area contributed by atoms with Gasteiger partial charge in [-0.15, -0.1) is 0 Å². The average molecular weight is 269 g/mol. The Morgan fingerprint density at radius 3 is 2.70 bits per heavy atom. The van der Waals surface area contributed by atoms with Gasteiger partial charge in [0.15, 0.2) is 0 Å². The van der Waals surface area contributed by atoms with E-state index in [4.69, 9.17) is 4.74 Å². The zero-order chi connectivity index (χ0) is 14.1. The molecule has 0 amide bonds. The molecule has 0 bridgehead atoms. The van der Waals surface area contributed by atoms with Crippen molar-refractivity contribution in [1.29, 1.82) is 0 Å². The van der Waals surface area contributed by atoms with Gasteiger partial charge in [0, 0.05) is 11.9 Å². The second-order valence-electron chi connectivity index (χ2n) is 4.70. The first kappa shape index (κ1) is 12.5. The summed E-state index contributed by atoms with van der Waals surface area (Å²) in [6.07, 6.45) is 5.14. The third kappa shape index (κ3) is 2.07. The Bertz CT molecular complexity index is 800. The first-order chi connectivity index (χ1) is 9.69. The number of hydrogen-bond acceptors (Lipinski definition) is 3. The van der Waals surface area contributed by atoms with E-state index in [1.807, 2.05) is 37.4 Å². The molecule has 5 heteroatoms. The summed E-state index contributed by atoms with van der Waals surface area (Å²) < 4.78 is 8.63. The standard InChI is InChI=1S/C15H15N3O2/c1-11-8-17-10-16-7-14(17)15(19)18(11)9-12-3-5-13(20-2)6-4-12/h3-8,10H,9H2,1-2H3. The summed E-state index contributed by atoms with van der Waals surface area (Å²) in [4.78, 5) is 16.4. The molecule has 0 spiro atoms. The van der Waals surface area contributed by atoms with Gasteiger partial charge in [-0.3, -0.25) is 9.20 Å². The van der Waals surface area contributed by atoms with Gasteiger partial charge in [0.05, 0.1) is 26.2 Å². The molecule has 0 radical (unpaired) electrons. The zero-order valence-corrected chi connectivity index (χ0v) is 11.4. The molecule has 0 aliphatic heterocycles. The number of ether oxygens (including phenoxy) is 1. The lowest BCUT2D eigenvalue weighted by Gasteiger charge is -2.11. The molecule has 2 aromatic heterocycles. The minimum Gasteiger partial charge on any atom is -0.497 e. The Morgan fingerprint density at radius 2 is 2.00 bits per heavy atom. The predicted molar refractivity (Wildman–Crippen MR) is 76.3 cm³/mol. The van der Waals surface area contributed by atoms with E-state index in [-0.39, 0.29) is 5.56 Å². The molecular weight excluding hydrogens is 254 g/mol. The molecule has 0 atom stereocenters. The van der Waals surface area contributed by atoms with Gasteiger partial charge in [0.25, 0.3) is 5.56 Å². The van der Waals surface area contributed by atoms with Gasteiger partial charge in [-0.05, 0) is 24.6 Å². The highest BCUT2D eigenvalue weighted by molar-refractivity contribution is 5.42. The van der Waals surface area contributed by atoms with Crippen LogP contribution in [0, 0.1) is 6.92 Å². The van der Waals surface area contributed by atoms with Gasteiger partial charge in [-0.2, -0.15) is 0 Å². The van der Waals surface area contributed by atoms with E-state index >= 15 is 0 Å². The van der Waals surface area contributed by atoms with Crippen molar-refractivity contribution in [1.82, 2.24) is 14.0 Å². The van der Waals surface area contributed by atoms with E-state index in [0.717, 1.165) is 17.0 Å². The van der Waals surface area contributed by atoms with Crippen molar-refractivity contribution < 1.29 is 4.74 Å². The fraction of sp³-hybridized carbons (Fsp3) is 0.200. The molecule has 0 aliphatic rings. The maximum atomic E-state index is 12.4. The number of benzene rings is 1. The molecule has 0 saturated heterocycles. The van der Waals surface area contributed by atoms with E-state index in [0.29, 0.717) is 12.1 Å². The second-order valence-corrected chi connectivity index (χ2v) is 4.70. The largest absolute Gasteiger partial charge is 0.497 e. The van der Waals surface area contributed by atoms with Crippen molar-refractivity contribution in [3.8, 4) is 5.75 Å². The number of hydrogen-bond donors (Lipinski definition) is 0. The van der Waals surface area contributed by atoms with Crippen molar-refractivity contribution in [2.75, 3.05) is 7.11 Å². The predicted octanol–water partition coefficient (Wildman–Crippen LogP) is 1.86. The summed E-state index contributed by atoms with van der Waals surface area (Å²) in [5.74, 6) is 0.809. The van der Waals surface area contributed by atoms with Crippen LogP contribution in [0.2, 0.25) is 0 Å². The smallest absolute Gasteiger partial charge is 0.276 e. The summed E-state index contributed by atoms with van der Waals surface area (Å²) in [6.45, 7) is 2.46. The topological polar surface area (TPSA) is 48.5 Å². The van der Waals surface area contributed by atoms with Gasteiger partial charge < -0.3 is 9.30 Å². The molecule has 2 heterocycles. The lowest BCUT2D eigenvalue weighted by Crippen LogP contribution is -2.24. The van der Waals surface area contributed by atoms with Crippen LogP contribution >= 0.6 is 0 Å². The van der Waals surface area contributed by atoms with Crippen LogP contribution in [0.5, 0.6) is 5.75 Å². The minimum absolute atomic E-state index is 0.0293. The Morgan fingerprint density at radius 1 is 1.25 bits per heavy atom. The number of aryl methyl sites for hydroxylation is 1. The monoisotopic (exact) mass is 269 g/mol. The molecule has 0 saturated carbocycles. The maximum Gasteiger partial charge on any atom is 0.276 e. The Kier molecular flexibility index (Phi) is 3.02. The van der Waals surface area contributed by atoms with Gasteiger partial charge in [-0.25, -0.2) is 4.98 Å². The summed E-state index contributed by atoms with van der Waals surface area (Å²) in [5, 5.41) is 0. The van der Waals surface area contributed by atoms with Gasteiger partial charge >= 0.3 is 0 Å². The van der Waals surface area contributed by atoms with Crippen molar-refractivity contribution in [3.63, 3.8) is 0 Å². The van der Waals surface area contributed by atoms with Crippen molar-refractivity contribution in [3.05, 3.63) is 64.6 Å². The molecule has 5 nitrogen and oxygen atoms in total. The van der Waals surface area contributed by atoms with Crippen LogP contribution < -0.4 is 10.3 Å². The van der Waals surface area contributed by atoms with Crippen molar-refractivity contribution in [2.45, 2.75) is 13.5 Å². The first-order valence-corrected chi connectivity index (χ1v) is 6.34. The van der Waals surface area contributed by atoms with Crippen molar-refractivity contribution in [2.24, 2.45) is 0 Å². The molecular formula is C15H15N3O2. The Hall–Kier alpha value is -2.56. The van der Waals surface area contributed by atoms with Gasteiger partial charge in [0.1, 0.15) is 11.3 Å². The Balaban J connectivity index is 2.03. The molecule has 0 aliphatic carbocycles. The summed E-state index contributed by atoms with van der Waals surface area (Å²) >= 11 is 0.